The maximum Gasteiger partial charge on any atom is 0.244 e. The quantitative estimate of drug-likeness (QED) is 0.798. The molecule has 0 unspecified atom stereocenters. The maximum absolute atomic E-state index is 12.5. The summed E-state index contributed by atoms with van der Waals surface area (Å²) in [6, 6.07) is 7.12. The number of amides is 1. The van der Waals surface area contributed by atoms with Crippen LogP contribution in [-0.4, -0.2) is 5.91 Å². The molecule has 0 bridgehead atoms. The molecule has 0 radical (unpaired) electrons. The normalized spacial score (nSPS) is 17.9. The predicted molar refractivity (Wildman–Crippen MR) is 80.8 cm³/mol. The van der Waals surface area contributed by atoms with E-state index in [2.05, 4.69) is 11.4 Å². The number of benzene rings is 1. The van der Waals surface area contributed by atoms with Crippen molar-refractivity contribution in [1.82, 2.24) is 0 Å². The molecule has 1 N–H and O–H groups in total. The smallest absolute Gasteiger partial charge is 0.244 e. The van der Waals surface area contributed by atoms with E-state index in [4.69, 9.17) is 23.2 Å². The second kappa shape index (κ2) is 6.47. The van der Waals surface area contributed by atoms with E-state index < -0.39 is 5.41 Å². The van der Waals surface area contributed by atoms with Crippen molar-refractivity contribution in [1.29, 1.82) is 5.26 Å². The molecule has 1 amide bonds. The first-order valence-corrected chi connectivity index (χ1v) is 7.51. The highest BCUT2D eigenvalue weighted by molar-refractivity contribution is 6.36. The maximum atomic E-state index is 12.5. The van der Waals surface area contributed by atoms with Gasteiger partial charge in [-0.15, -0.1) is 0 Å². The highest BCUT2D eigenvalue weighted by Gasteiger charge is 2.39. The number of hydrogen-bond acceptors (Lipinski definition) is 2. The number of carbonyl (C=O) groups excluding carboxylic acids is 1. The number of carbonyl (C=O) groups is 1. The highest BCUT2D eigenvalue weighted by Crippen LogP contribution is 2.36. The number of nitrogens with zero attached hydrogens (tertiary/aromatic N) is 1. The van der Waals surface area contributed by atoms with E-state index >= 15 is 0 Å². The van der Waals surface area contributed by atoms with Crippen LogP contribution in [0.2, 0.25) is 10.0 Å². The van der Waals surface area contributed by atoms with E-state index in [1.54, 1.807) is 18.2 Å². The third-order valence-electron chi connectivity index (χ3n) is 3.79. The molecule has 2 rings (SSSR count). The second-order valence-corrected chi connectivity index (χ2v) is 6.03. The van der Waals surface area contributed by atoms with Crippen LogP contribution in [0.5, 0.6) is 0 Å². The van der Waals surface area contributed by atoms with Gasteiger partial charge < -0.3 is 5.32 Å². The van der Waals surface area contributed by atoms with E-state index in [0.717, 1.165) is 25.7 Å². The van der Waals surface area contributed by atoms with Gasteiger partial charge in [0.1, 0.15) is 5.41 Å². The molecular formula is C15H16Cl2N2O. The molecule has 1 aliphatic carbocycles. The van der Waals surface area contributed by atoms with Gasteiger partial charge in [-0.25, -0.2) is 0 Å². The summed E-state index contributed by atoms with van der Waals surface area (Å²) < 4.78 is 0. The Kier molecular flexibility index (Phi) is 4.91. The minimum atomic E-state index is -0.931. The molecule has 1 aliphatic rings. The first-order chi connectivity index (χ1) is 9.57. The third-order valence-corrected chi connectivity index (χ3v) is 4.33. The zero-order valence-electron chi connectivity index (χ0n) is 11.1. The van der Waals surface area contributed by atoms with Crippen LogP contribution in [0.25, 0.3) is 0 Å². The fraction of sp³-hybridized carbons (Fsp3) is 0.467. The fourth-order valence-electron chi connectivity index (χ4n) is 2.55. The average molecular weight is 311 g/mol. The fourth-order valence-corrected chi connectivity index (χ4v) is 3.01. The average Bonchev–Trinajstić information content (AvgIpc) is 2.68. The van der Waals surface area contributed by atoms with Crippen LogP contribution < -0.4 is 5.32 Å². The van der Waals surface area contributed by atoms with E-state index in [9.17, 15) is 10.1 Å². The number of hydrogen-bond donors (Lipinski definition) is 1. The van der Waals surface area contributed by atoms with Crippen LogP contribution in [-0.2, 0) is 4.79 Å². The van der Waals surface area contributed by atoms with Crippen LogP contribution in [0.1, 0.15) is 38.5 Å². The Labute approximate surface area is 128 Å². The van der Waals surface area contributed by atoms with Gasteiger partial charge in [-0.05, 0) is 31.0 Å². The summed E-state index contributed by atoms with van der Waals surface area (Å²) >= 11 is 11.9. The molecule has 0 spiro atoms. The van der Waals surface area contributed by atoms with E-state index in [0.29, 0.717) is 28.6 Å². The van der Waals surface area contributed by atoms with Crippen molar-refractivity contribution >= 4 is 34.8 Å². The molecule has 20 heavy (non-hydrogen) atoms. The number of nitriles is 1. The molecule has 1 fully saturated rings. The van der Waals surface area contributed by atoms with Crippen molar-refractivity contribution in [3.63, 3.8) is 0 Å². The van der Waals surface area contributed by atoms with Crippen LogP contribution in [0.3, 0.4) is 0 Å². The summed E-state index contributed by atoms with van der Waals surface area (Å²) in [5, 5.41) is 13.1. The van der Waals surface area contributed by atoms with Crippen molar-refractivity contribution in [2.24, 2.45) is 5.41 Å². The van der Waals surface area contributed by atoms with Crippen molar-refractivity contribution in [3.05, 3.63) is 28.2 Å². The Bertz CT molecular complexity index is 543. The SMILES string of the molecule is N#CC1(C(=O)Nc2ccc(Cl)cc2Cl)CCCCCC1. The molecule has 0 aromatic heterocycles. The lowest BCUT2D eigenvalue weighted by atomic mass is 9.81. The summed E-state index contributed by atoms with van der Waals surface area (Å²) in [6.07, 6.45) is 5.21. The van der Waals surface area contributed by atoms with Gasteiger partial charge in [-0.1, -0.05) is 48.9 Å². The minimum absolute atomic E-state index is 0.258. The second-order valence-electron chi connectivity index (χ2n) is 5.19. The number of nitrogens with one attached hydrogen (secondary N) is 1. The van der Waals surface area contributed by atoms with Gasteiger partial charge in [0, 0.05) is 5.02 Å². The highest BCUT2D eigenvalue weighted by atomic mass is 35.5. The predicted octanol–water partition coefficient (Wildman–Crippen LogP) is 4.80. The van der Waals surface area contributed by atoms with Gasteiger partial charge in [0.15, 0.2) is 0 Å². The number of anilines is 1. The minimum Gasteiger partial charge on any atom is -0.323 e. The van der Waals surface area contributed by atoms with Crippen LogP contribution in [0, 0.1) is 16.7 Å². The Balaban J connectivity index is 2.19. The van der Waals surface area contributed by atoms with Gasteiger partial charge in [0.2, 0.25) is 5.91 Å². The Morgan fingerprint density at radius 3 is 2.40 bits per heavy atom. The molecule has 0 heterocycles. The van der Waals surface area contributed by atoms with Crippen molar-refractivity contribution in [2.45, 2.75) is 38.5 Å². The Morgan fingerprint density at radius 2 is 1.85 bits per heavy atom. The van der Waals surface area contributed by atoms with Gasteiger partial charge >= 0.3 is 0 Å². The van der Waals surface area contributed by atoms with Gasteiger partial charge in [-0.2, -0.15) is 5.26 Å². The topological polar surface area (TPSA) is 52.9 Å². The van der Waals surface area contributed by atoms with E-state index in [-0.39, 0.29) is 5.91 Å². The molecule has 5 heteroatoms. The Morgan fingerprint density at radius 1 is 1.20 bits per heavy atom. The summed E-state index contributed by atoms with van der Waals surface area (Å²) in [7, 11) is 0. The molecular weight excluding hydrogens is 295 g/mol. The van der Waals surface area contributed by atoms with Crippen molar-refractivity contribution in [3.8, 4) is 6.07 Å². The number of rotatable bonds is 2. The molecule has 0 aliphatic heterocycles. The number of halogens is 2. The van der Waals surface area contributed by atoms with Crippen LogP contribution >= 0.6 is 23.2 Å². The van der Waals surface area contributed by atoms with Gasteiger partial charge in [0.25, 0.3) is 0 Å². The molecule has 0 atom stereocenters. The summed E-state index contributed by atoms with van der Waals surface area (Å²) in [4.78, 5) is 12.5. The first-order valence-electron chi connectivity index (χ1n) is 6.75. The monoisotopic (exact) mass is 310 g/mol. The molecule has 1 aromatic carbocycles. The molecule has 0 saturated heterocycles. The summed E-state index contributed by atoms with van der Waals surface area (Å²) in [6.45, 7) is 0. The summed E-state index contributed by atoms with van der Waals surface area (Å²) in [5.74, 6) is -0.258. The third kappa shape index (κ3) is 3.26. The van der Waals surface area contributed by atoms with Gasteiger partial charge in [-0.3, -0.25) is 4.79 Å². The zero-order valence-corrected chi connectivity index (χ0v) is 12.6. The molecule has 106 valence electrons. The largest absolute Gasteiger partial charge is 0.323 e. The van der Waals surface area contributed by atoms with Crippen molar-refractivity contribution in [2.75, 3.05) is 5.32 Å². The van der Waals surface area contributed by atoms with E-state index in [1.807, 2.05) is 0 Å². The molecule has 3 nitrogen and oxygen atoms in total. The lowest BCUT2D eigenvalue weighted by Crippen LogP contribution is -2.34. The summed E-state index contributed by atoms with van der Waals surface area (Å²) in [5.41, 5.74) is -0.431. The van der Waals surface area contributed by atoms with Crippen LogP contribution in [0.15, 0.2) is 18.2 Å². The van der Waals surface area contributed by atoms with Gasteiger partial charge in [0.05, 0.1) is 16.8 Å². The first kappa shape index (κ1) is 15.2. The lowest BCUT2D eigenvalue weighted by Gasteiger charge is -2.23. The lowest BCUT2D eigenvalue weighted by molar-refractivity contribution is -0.123. The van der Waals surface area contributed by atoms with E-state index in [1.165, 1.54) is 0 Å². The molecule has 1 aromatic rings. The zero-order chi connectivity index (χ0) is 14.6. The standard InChI is InChI=1S/C15H16Cl2N2O/c16-11-5-6-13(12(17)9-11)19-14(20)15(10-18)7-3-1-2-4-8-15/h5-6,9H,1-4,7-8H2,(H,19,20). The Hall–Kier alpha value is -1.24. The van der Waals surface area contributed by atoms with Crippen molar-refractivity contribution < 1.29 is 4.79 Å². The van der Waals surface area contributed by atoms with Crippen LogP contribution in [0.4, 0.5) is 5.69 Å². The molecule has 1 saturated carbocycles.